The second-order valence-electron chi connectivity index (χ2n) is 13.7. The number of para-hydroxylation sites is 1. The number of anilines is 1. The zero-order valence-corrected chi connectivity index (χ0v) is 29.8. The minimum absolute atomic E-state index is 0.130. The highest BCUT2D eigenvalue weighted by atomic mass is 35.5. The van der Waals surface area contributed by atoms with Crippen LogP contribution in [-0.2, 0) is 16.0 Å². The molecule has 0 spiro atoms. The van der Waals surface area contributed by atoms with Gasteiger partial charge < -0.3 is 30.1 Å². The number of aromatic amines is 1. The second-order valence-corrected chi connectivity index (χ2v) is 14.1. The number of nitrogens with one attached hydrogen (secondary N) is 2. The predicted molar refractivity (Wildman–Crippen MR) is 192 cm³/mol. The number of halogens is 5. The first kappa shape index (κ1) is 38.6. The molecule has 0 aliphatic carbocycles. The number of carboxylic acid groups (broad SMARTS) is 1. The molecular formula is C38H42ClF4N5O4. The van der Waals surface area contributed by atoms with Crippen LogP contribution in [-0.4, -0.2) is 90.3 Å². The van der Waals surface area contributed by atoms with Crippen LogP contribution in [0.15, 0.2) is 72.9 Å². The molecule has 9 nitrogen and oxygen atoms in total. The van der Waals surface area contributed by atoms with Gasteiger partial charge in [0.15, 0.2) is 0 Å². The summed E-state index contributed by atoms with van der Waals surface area (Å²) in [5.74, 6) is -2.95. The zero-order valence-electron chi connectivity index (χ0n) is 29.1. The average molecular weight is 744 g/mol. The van der Waals surface area contributed by atoms with Gasteiger partial charge in [0, 0.05) is 59.9 Å². The number of urea groups is 1. The van der Waals surface area contributed by atoms with E-state index >= 15 is 0 Å². The van der Waals surface area contributed by atoms with Gasteiger partial charge in [-0.15, -0.1) is 0 Å². The van der Waals surface area contributed by atoms with Crippen molar-refractivity contribution in [1.82, 2.24) is 20.1 Å². The number of aliphatic carboxylic acids is 1. The van der Waals surface area contributed by atoms with E-state index in [9.17, 15) is 27.2 Å². The van der Waals surface area contributed by atoms with Crippen LogP contribution in [0.1, 0.15) is 48.3 Å². The van der Waals surface area contributed by atoms with Crippen molar-refractivity contribution < 1.29 is 37.1 Å². The number of alkyl halides is 3. The van der Waals surface area contributed by atoms with E-state index in [1.165, 1.54) is 12.1 Å². The molecule has 0 bridgehead atoms. The summed E-state index contributed by atoms with van der Waals surface area (Å²) in [6.07, 6.45) is -0.741. The lowest BCUT2D eigenvalue weighted by atomic mass is 9.88. The maximum atomic E-state index is 14.7. The van der Waals surface area contributed by atoms with Crippen molar-refractivity contribution in [3.63, 3.8) is 0 Å². The Kier molecular flexibility index (Phi) is 12.2. The molecular weight excluding hydrogens is 702 g/mol. The molecule has 14 heteroatoms. The largest absolute Gasteiger partial charge is 0.490 e. The predicted octanol–water partition coefficient (Wildman–Crippen LogP) is 7.42. The first-order valence-electron chi connectivity index (χ1n) is 17.0. The number of amides is 3. The van der Waals surface area contributed by atoms with Gasteiger partial charge in [-0.2, -0.15) is 13.2 Å². The summed E-state index contributed by atoms with van der Waals surface area (Å²) < 4.78 is 45.2. The quantitative estimate of drug-likeness (QED) is 0.171. The first-order valence-corrected chi connectivity index (χ1v) is 17.4. The monoisotopic (exact) mass is 743 g/mol. The van der Waals surface area contributed by atoms with Crippen molar-refractivity contribution in [3.8, 4) is 0 Å². The molecule has 4 aromatic rings. The summed E-state index contributed by atoms with van der Waals surface area (Å²) in [5, 5.41) is 12.0. The fraction of sp³-hybridized carbons (Fsp3) is 0.395. The summed E-state index contributed by atoms with van der Waals surface area (Å²) in [4.78, 5) is 46.7. The third-order valence-corrected chi connectivity index (χ3v) is 9.93. The molecule has 1 fully saturated rings. The van der Waals surface area contributed by atoms with Gasteiger partial charge in [0.1, 0.15) is 11.9 Å². The summed E-state index contributed by atoms with van der Waals surface area (Å²) in [6, 6.07) is 19.4. The Hall–Kier alpha value is -4.62. The van der Waals surface area contributed by atoms with Crippen LogP contribution < -0.4 is 10.2 Å². The molecule has 3 aromatic carbocycles. The van der Waals surface area contributed by atoms with Crippen LogP contribution in [0.4, 0.5) is 28.0 Å². The number of hydrogen-bond donors (Lipinski definition) is 3. The Morgan fingerprint density at radius 2 is 1.69 bits per heavy atom. The Labute approximate surface area is 304 Å². The molecule has 2 aliphatic heterocycles. The van der Waals surface area contributed by atoms with Crippen molar-refractivity contribution in [2.75, 3.05) is 45.2 Å². The Morgan fingerprint density at radius 3 is 2.33 bits per heavy atom. The first-order chi connectivity index (χ1) is 24.6. The number of H-pyrrole nitrogens is 1. The van der Waals surface area contributed by atoms with Crippen molar-refractivity contribution in [2.45, 2.75) is 50.2 Å². The Balaban J connectivity index is 0.000000679. The molecule has 1 aromatic heterocycles. The molecule has 3 heterocycles. The number of hydrogen-bond acceptors (Lipinski definition) is 4. The number of likely N-dealkylation sites (tertiary alicyclic amines) is 1. The normalized spacial score (nSPS) is 17.6. The fourth-order valence-corrected chi connectivity index (χ4v) is 7.35. The lowest BCUT2D eigenvalue weighted by Crippen LogP contribution is -2.57. The van der Waals surface area contributed by atoms with Crippen molar-refractivity contribution in [2.24, 2.45) is 5.92 Å². The molecule has 1 saturated heterocycles. The minimum Gasteiger partial charge on any atom is -0.475 e. The van der Waals surface area contributed by atoms with Gasteiger partial charge in [0.2, 0.25) is 5.91 Å². The number of benzene rings is 3. The van der Waals surface area contributed by atoms with Crippen LogP contribution >= 0.6 is 11.6 Å². The van der Waals surface area contributed by atoms with Crippen LogP contribution in [0, 0.1) is 11.7 Å². The molecule has 2 unspecified atom stereocenters. The highest BCUT2D eigenvalue weighted by molar-refractivity contribution is 6.30. The summed E-state index contributed by atoms with van der Waals surface area (Å²) in [6.45, 7) is 4.52. The maximum Gasteiger partial charge on any atom is 0.490 e. The van der Waals surface area contributed by atoms with Gasteiger partial charge in [0.05, 0.1) is 0 Å². The van der Waals surface area contributed by atoms with Gasteiger partial charge in [-0.25, -0.2) is 14.0 Å². The van der Waals surface area contributed by atoms with E-state index in [1.807, 2.05) is 86.7 Å². The summed E-state index contributed by atoms with van der Waals surface area (Å²) in [7, 11) is 4.09. The molecule has 3 amide bonds. The van der Waals surface area contributed by atoms with E-state index in [-0.39, 0.29) is 35.5 Å². The van der Waals surface area contributed by atoms with E-state index < -0.39 is 18.2 Å². The number of nitrogens with zero attached hydrogens (tertiary/aromatic N) is 3. The van der Waals surface area contributed by atoms with E-state index in [0.717, 1.165) is 59.1 Å². The SMILES string of the molecule is CC(c1c[nH]c2ccccc12)C(NC(=O)N1CCC(c2ccc(F)cc2)CC1)C(=O)N1C[C@@H](CN(C)C)Cc2cc(Cl)ccc21.O=C(O)C(F)(F)F. The number of carbonyl (C=O) groups is 3. The lowest BCUT2D eigenvalue weighted by Gasteiger charge is -2.39. The van der Waals surface area contributed by atoms with Crippen LogP contribution in [0.3, 0.4) is 0 Å². The molecule has 3 N–H and O–H groups in total. The minimum atomic E-state index is -5.08. The third-order valence-electron chi connectivity index (χ3n) is 9.69. The molecule has 2 aliphatic rings. The molecule has 278 valence electrons. The number of carbonyl (C=O) groups excluding carboxylic acids is 2. The summed E-state index contributed by atoms with van der Waals surface area (Å²) in [5.41, 5.74) is 4.96. The molecule has 3 atom stereocenters. The van der Waals surface area contributed by atoms with E-state index in [2.05, 4.69) is 15.2 Å². The smallest absolute Gasteiger partial charge is 0.475 e. The van der Waals surface area contributed by atoms with Gasteiger partial charge in [-0.3, -0.25) is 4.79 Å². The van der Waals surface area contributed by atoms with Gasteiger partial charge >= 0.3 is 18.2 Å². The van der Waals surface area contributed by atoms with Crippen LogP contribution in [0.5, 0.6) is 0 Å². The van der Waals surface area contributed by atoms with Crippen molar-refractivity contribution in [1.29, 1.82) is 0 Å². The van der Waals surface area contributed by atoms with Gasteiger partial charge in [-0.1, -0.05) is 48.9 Å². The number of rotatable bonds is 7. The number of piperidine rings is 1. The Morgan fingerprint density at radius 1 is 1.04 bits per heavy atom. The van der Waals surface area contributed by atoms with E-state index in [1.54, 1.807) is 4.90 Å². The number of carboxylic acids is 1. The van der Waals surface area contributed by atoms with Gasteiger partial charge in [-0.05, 0) is 98.3 Å². The van der Waals surface area contributed by atoms with Crippen molar-refractivity contribution in [3.05, 3.63) is 100 Å². The highest BCUT2D eigenvalue weighted by Crippen LogP contribution is 2.36. The number of fused-ring (bicyclic) bond motifs is 2. The fourth-order valence-electron chi connectivity index (χ4n) is 7.15. The number of aromatic nitrogens is 1. The highest BCUT2D eigenvalue weighted by Gasteiger charge is 2.39. The maximum absolute atomic E-state index is 14.7. The third kappa shape index (κ3) is 9.23. The molecule has 6 rings (SSSR count). The molecule has 52 heavy (non-hydrogen) atoms. The van der Waals surface area contributed by atoms with Crippen molar-refractivity contribution >= 4 is 46.1 Å². The van der Waals surface area contributed by atoms with Crippen LogP contribution in [0.25, 0.3) is 10.9 Å². The van der Waals surface area contributed by atoms with E-state index in [0.29, 0.717) is 24.7 Å². The van der Waals surface area contributed by atoms with Gasteiger partial charge in [0.25, 0.3) is 0 Å². The van der Waals surface area contributed by atoms with Crippen LogP contribution in [0.2, 0.25) is 5.02 Å². The standard InChI is InChI=1S/C36H41ClFN5O2.C2HF3O2/c1-23(31-20-39-32-7-5-4-6-30(31)32)34(40-36(45)42-16-14-26(15-17-42)25-8-11-29(38)12-9-25)35(44)43-22-24(21-41(2)3)18-27-19-28(37)10-13-33(27)43;3-2(4,5)1(6)7/h4-13,19-20,23-24,26,34,39H,14-18,21-22H2,1-3H3,(H,40,45);(H,6,7)/t23?,24-,34?;/m1./s1. The zero-order chi connectivity index (χ0) is 37.7. The topological polar surface area (TPSA) is 109 Å². The second kappa shape index (κ2) is 16.4. The lowest BCUT2D eigenvalue weighted by molar-refractivity contribution is -0.192. The molecule has 0 radical (unpaired) electrons. The molecule has 0 saturated carbocycles. The van der Waals surface area contributed by atoms with E-state index in [4.69, 9.17) is 21.5 Å². The Bertz CT molecular complexity index is 1880. The summed E-state index contributed by atoms with van der Waals surface area (Å²) >= 11 is 6.41. The average Bonchev–Trinajstić information content (AvgIpc) is 3.54.